The lowest BCUT2D eigenvalue weighted by Gasteiger charge is -2.31. The van der Waals surface area contributed by atoms with Crippen molar-refractivity contribution < 1.29 is 4.74 Å². The third-order valence-corrected chi connectivity index (χ3v) is 4.70. The molecule has 1 aliphatic heterocycles. The summed E-state index contributed by atoms with van der Waals surface area (Å²) in [4.78, 5) is 2.54. The summed E-state index contributed by atoms with van der Waals surface area (Å²) in [6.45, 7) is 2.67. The maximum Gasteiger partial charge on any atom is 0.101 e. The van der Waals surface area contributed by atoms with Gasteiger partial charge in [-0.25, -0.2) is 0 Å². The Morgan fingerprint density at radius 1 is 0.720 bits per heavy atom. The van der Waals surface area contributed by atoms with Crippen LogP contribution in [0.15, 0.2) is 91.0 Å². The van der Waals surface area contributed by atoms with Gasteiger partial charge in [-0.3, -0.25) is 4.90 Å². The average Bonchev–Trinajstić information content (AvgIpc) is 3.49. The second-order valence-electron chi connectivity index (χ2n) is 6.60. The van der Waals surface area contributed by atoms with Gasteiger partial charge < -0.3 is 4.74 Å². The van der Waals surface area contributed by atoms with Gasteiger partial charge in [0.1, 0.15) is 6.10 Å². The summed E-state index contributed by atoms with van der Waals surface area (Å²) in [6, 6.07) is 32.4. The molecule has 1 fully saturated rings. The first-order valence-corrected chi connectivity index (χ1v) is 8.88. The molecule has 2 nitrogen and oxygen atoms in total. The molecule has 0 N–H and O–H groups in total. The van der Waals surface area contributed by atoms with Crippen molar-refractivity contribution in [2.24, 2.45) is 0 Å². The van der Waals surface area contributed by atoms with Crippen molar-refractivity contribution in [2.75, 3.05) is 6.61 Å². The lowest BCUT2D eigenvalue weighted by molar-refractivity contribution is 0.145. The molecule has 0 unspecified atom stereocenters. The monoisotopic (exact) mass is 329 g/mol. The van der Waals surface area contributed by atoms with Crippen LogP contribution in [-0.2, 0) is 17.8 Å². The van der Waals surface area contributed by atoms with E-state index < -0.39 is 0 Å². The normalized spacial score (nSPS) is 17.4. The number of rotatable bonds is 7. The second kappa shape index (κ2) is 7.64. The van der Waals surface area contributed by atoms with Crippen molar-refractivity contribution in [1.82, 2.24) is 4.90 Å². The SMILES string of the molecule is c1ccc(CN(Cc2ccccc2)[C@@H](c2ccccc2)[C@@H]2CO2)cc1. The summed E-state index contributed by atoms with van der Waals surface area (Å²) < 4.78 is 5.74. The van der Waals surface area contributed by atoms with E-state index in [4.69, 9.17) is 4.74 Å². The fourth-order valence-corrected chi connectivity index (χ4v) is 3.44. The molecule has 0 spiro atoms. The van der Waals surface area contributed by atoms with Crippen molar-refractivity contribution in [3.8, 4) is 0 Å². The number of epoxide rings is 1. The Kier molecular flexibility index (Phi) is 4.91. The molecule has 0 saturated carbocycles. The Hall–Kier alpha value is -2.42. The van der Waals surface area contributed by atoms with Crippen molar-refractivity contribution in [3.63, 3.8) is 0 Å². The molecule has 4 rings (SSSR count). The standard InChI is InChI=1S/C23H23NO/c1-4-10-19(11-5-1)16-24(17-20-12-6-2-7-13-20)23(22-18-25-22)21-14-8-3-9-15-21/h1-15,22-23H,16-18H2/t22-,23-/m0/s1. The van der Waals surface area contributed by atoms with Crippen LogP contribution < -0.4 is 0 Å². The number of nitrogens with zero attached hydrogens (tertiary/aromatic N) is 1. The van der Waals surface area contributed by atoms with E-state index in [0.717, 1.165) is 19.7 Å². The van der Waals surface area contributed by atoms with E-state index in [9.17, 15) is 0 Å². The van der Waals surface area contributed by atoms with Crippen LogP contribution in [0.2, 0.25) is 0 Å². The summed E-state index contributed by atoms with van der Waals surface area (Å²) in [5.41, 5.74) is 4.00. The van der Waals surface area contributed by atoms with Crippen LogP contribution in [0.3, 0.4) is 0 Å². The minimum absolute atomic E-state index is 0.279. The molecule has 1 saturated heterocycles. The largest absolute Gasteiger partial charge is 0.371 e. The Morgan fingerprint density at radius 3 is 1.60 bits per heavy atom. The summed E-state index contributed by atoms with van der Waals surface area (Å²) in [5, 5.41) is 0. The van der Waals surface area contributed by atoms with Gasteiger partial charge in [0.25, 0.3) is 0 Å². The van der Waals surface area contributed by atoms with E-state index in [-0.39, 0.29) is 12.1 Å². The fraction of sp³-hybridized carbons (Fsp3) is 0.217. The Bertz CT molecular complexity index is 727. The van der Waals surface area contributed by atoms with Gasteiger partial charge in [0, 0.05) is 13.1 Å². The fourth-order valence-electron chi connectivity index (χ4n) is 3.44. The van der Waals surface area contributed by atoms with E-state index in [2.05, 4.69) is 95.9 Å². The van der Waals surface area contributed by atoms with Crippen molar-refractivity contribution in [2.45, 2.75) is 25.2 Å². The summed E-state index contributed by atoms with van der Waals surface area (Å²) in [6.07, 6.45) is 0.287. The smallest absolute Gasteiger partial charge is 0.101 e. The predicted molar refractivity (Wildman–Crippen MR) is 101 cm³/mol. The molecule has 3 aromatic carbocycles. The minimum atomic E-state index is 0.279. The highest BCUT2D eigenvalue weighted by Gasteiger charge is 2.37. The number of hydrogen-bond acceptors (Lipinski definition) is 2. The molecule has 2 atom stereocenters. The Balaban J connectivity index is 1.65. The Morgan fingerprint density at radius 2 is 1.16 bits per heavy atom. The van der Waals surface area contributed by atoms with Crippen LogP contribution in [0.4, 0.5) is 0 Å². The topological polar surface area (TPSA) is 15.8 Å². The van der Waals surface area contributed by atoms with E-state index >= 15 is 0 Å². The van der Waals surface area contributed by atoms with Crippen LogP contribution in [0.25, 0.3) is 0 Å². The van der Waals surface area contributed by atoms with Crippen LogP contribution in [0.1, 0.15) is 22.7 Å². The molecule has 0 aliphatic carbocycles. The van der Waals surface area contributed by atoms with Crippen LogP contribution in [0.5, 0.6) is 0 Å². The van der Waals surface area contributed by atoms with Crippen LogP contribution in [-0.4, -0.2) is 17.6 Å². The van der Waals surface area contributed by atoms with Gasteiger partial charge in [0.15, 0.2) is 0 Å². The van der Waals surface area contributed by atoms with Crippen molar-refractivity contribution in [1.29, 1.82) is 0 Å². The van der Waals surface area contributed by atoms with Crippen molar-refractivity contribution in [3.05, 3.63) is 108 Å². The molecule has 2 heteroatoms. The number of benzene rings is 3. The zero-order chi connectivity index (χ0) is 16.9. The highest BCUT2D eigenvalue weighted by Crippen LogP contribution is 2.35. The maximum absolute atomic E-state index is 5.74. The average molecular weight is 329 g/mol. The van der Waals surface area contributed by atoms with Gasteiger partial charge in [-0.15, -0.1) is 0 Å². The first-order valence-electron chi connectivity index (χ1n) is 8.88. The molecule has 3 aromatic rings. The second-order valence-corrected chi connectivity index (χ2v) is 6.60. The third-order valence-electron chi connectivity index (χ3n) is 4.70. The summed E-state index contributed by atoms with van der Waals surface area (Å²) in [7, 11) is 0. The van der Waals surface area contributed by atoms with E-state index in [1.807, 2.05) is 0 Å². The van der Waals surface area contributed by atoms with Crippen molar-refractivity contribution >= 4 is 0 Å². The third kappa shape index (κ3) is 4.16. The van der Waals surface area contributed by atoms with E-state index in [1.165, 1.54) is 16.7 Å². The zero-order valence-corrected chi connectivity index (χ0v) is 14.3. The van der Waals surface area contributed by atoms with Gasteiger partial charge in [-0.1, -0.05) is 91.0 Å². The highest BCUT2D eigenvalue weighted by atomic mass is 16.6. The Labute approximate surface area is 149 Å². The van der Waals surface area contributed by atoms with Gasteiger partial charge in [-0.05, 0) is 16.7 Å². The van der Waals surface area contributed by atoms with Crippen LogP contribution >= 0.6 is 0 Å². The first-order chi connectivity index (χ1) is 12.4. The molecular weight excluding hydrogens is 306 g/mol. The number of hydrogen-bond donors (Lipinski definition) is 0. The molecule has 0 aromatic heterocycles. The van der Waals surface area contributed by atoms with Gasteiger partial charge in [-0.2, -0.15) is 0 Å². The molecule has 126 valence electrons. The van der Waals surface area contributed by atoms with Gasteiger partial charge in [0.05, 0.1) is 12.6 Å². The predicted octanol–water partition coefficient (Wildman–Crippen LogP) is 4.83. The molecule has 0 bridgehead atoms. The zero-order valence-electron chi connectivity index (χ0n) is 14.3. The van der Waals surface area contributed by atoms with Crippen LogP contribution in [0, 0.1) is 0 Å². The van der Waals surface area contributed by atoms with E-state index in [0.29, 0.717) is 0 Å². The number of ether oxygens (including phenoxy) is 1. The maximum atomic E-state index is 5.74. The highest BCUT2D eigenvalue weighted by molar-refractivity contribution is 5.24. The lowest BCUT2D eigenvalue weighted by Crippen LogP contribution is -2.31. The van der Waals surface area contributed by atoms with Gasteiger partial charge in [0.2, 0.25) is 0 Å². The quantitative estimate of drug-likeness (QED) is 0.577. The molecule has 0 amide bonds. The van der Waals surface area contributed by atoms with E-state index in [1.54, 1.807) is 0 Å². The molecule has 1 aliphatic rings. The molecule has 0 radical (unpaired) electrons. The minimum Gasteiger partial charge on any atom is -0.371 e. The van der Waals surface area contributed by atoms with Gasteiger partial charge >= 0.3 is 0 Å². The first kappa shape index (κ1) is 16.1. The molecule has 1 heterocycles. The molecule has 25 heavy (non-hydrogen) atoms. The summed E-state index contributed by atoms with van der Waals surface area (Å²) in [5.74, 6) is 0. The summed E-state index contributed by atoms with van der Waals surface area (Å²) >= 11 is 0. The molecular formula is C23H23NO. The lowest BCUT2D eigenvalue weighted by atomic mass is 10.0.